The summed E-state index contributed by atoms with van der Waals surface area (Å²) in [5.41, 5.74) is 5.19. The molecule has 1 atom stereocenters. The zero-order valence-corrected chi connectivity index (χ0v) is 12.6. The third kappa shape index (κ3) is 4.10. The number of benzene rings is 1. The van der Waals surface area contributed by atoms with Crippen LogP contribution in [0.1, 0.15) is 31.4 Å². The van der Waals surface area contributed by atoms with Crippen LogP contribution in [0.15, 0.2) is 18.2 Å². The van der Waals surface area contributed by atoms with Crippen molar-refractivity contribution < 1.29 is 13.2 Å². The van der Waals surface area contributed by atoms with E-state index in [0.29, 0.717) is 11.6 Å². The molecule has 112 valence electrons. The van der Waals surface area contributed by atoms with Gasteiger partial charge in [0.2, 0.25) is 0 Å². The molecule has 0 aliphatic rings. The van der Waals surface area contributed by atoms with Crippen LogP contribution in [0, 0.1) is 5.92 Å². The molecule has 0 fully saturated rings. The highest BCUT2D eigenvalue weighted by Crippen LogP contribution is 2.34. The number of anilines is 1. The Balaban J connectivity index is 3.14. The van der Waals surface area contributed by atoms with Crippen LogP contribution >= 0.6 is 12.2 Å². The zero-order chi connectivity index (χ0) is 15.5. The van der Waals surface area contributed by atoms with E-state index in [9.17, 15) is 13.2 Å². The summed E-state index contributed by atoms with van der Waals surface area (Å²) in [6.07, 6.45) is -3.44. The highest BCUT2D eigenvalue weighted by molar-refractivity contribution is 7.80. The van der Waals surface area contributed by atoms with Gasteiger partial charge in [0.1, 0.15) is 4.99 Å². The van der Waals surface area contributed by atoms with Crippen molar-refractivity contribution in [2.24, 2.45) is 11.7 Å². The van der Waals surface area contributed by atoms with E-state index in [1.165, 1.54) is 12.1 Å². The maximum Gasteiger partial charge on any atom is 0.417 e. The van der Waals surface area contributed by atoms with E-state index in [2.05, 4.69) is 13.8 Å². The van der Waals surface area contributed by atoms with Gasteiger partial charge in [-0.25, -0.2) is 0 Å². The molecule has 0 aromatic heterocycles. The number of alkyl halides is 3. The number of hydrogen-bond acceptors (Lipinski definition) is 2. The SMILES string of the molecule is CCC(C)CN(C)c1ccc(C(F)(F)F)c(C(N)=S)c1. The lowest BCUT2D eigenvalue weighted by molar-refractivity contribution is -0.137. The molecule has 1 unspecified atom stereocenters. The molecule has 0 radical (unpaired) electrons. The lowest BCUT2D eigenvalue weighted by Gasteiger charge is -2.24. The summed E-state index contributed by atoms with van der Waals surface area (Å²) in [6.45, 7) is 4.93. The molecule has 0 spiro atoms. The van der Waals surface area contributed by atoms with E-state index in [4.69, 9.17) is 18.0 Å². The van der Waals surface area contributed by atoms with Crippen molar-refractivity contribution in [1.29, 1.82) is 0 Å². The van der Waals surface area contributed by atoms with Crippen LogP contribution in [0.2, 0.25) is 0 Å². The summed E-state index contributed by atoms with van der Waals surface area (Å²) in [4.78, 5) is 1.67. The maximum atomic E-state index is 12.9. The van der Waals surface area contributed by atoms with Crippen LogP contribution in [0.4, 0.5) is 18.9 Å². The molecule has 0 aliphatic carbocycles. The van der Waals surface area contributed by atoms with Gasteiger partial charge in [0.05, 0.1) is 5.56 Å². The van der Waals surface area contributed by atoms with Gasteiger partial charge < -0.3 is 10.6 Å². The van der Waals surface area contributed by atoms with Crippen LogP contribution < -0.4 is 10.6 Å². The summed E-state index contributed by atoms with van der Waals surface area (Å²) in [5.74, 6) is 0.454. The van der Waals surface area contributed by atoms with Gasteiger partial charge in [-0.15, -0.1) is 0 Å². The van der Waals surface area contributed by atoms with E-state index in [1.54, 1.807) is 0 Å². The van der Waals surface area contributed by atoms with E-state index >= 15 is 0 Å². The first kappa shape index (κ1) is 16.8. The maximum absolute atomic E-state index is 12.9. The van der Waals surface area contributed by atoms with Crippen molar-refractivity contribution >= 4 is 22.9 Å². The van der Waals surface area contributed by atoms with Gasteiger partial charge in [0.15, 0.2) is 0 Å². The quantitative estimate of drug-likeness (QED) is 0.839. The number of nitrogens with two attached hydrogens (primary N) is 1. The molecule has 2 N–H and O–H groups in total. The van der Waals surface area contributed by atoms with E-state index in [-0.39, 0.29) is 10.6 Å². The molecule has 0 saturated carbocycles. The van der Waals surface area contributed by atoms with Gasteiger partial charge in [-0.3, -0.25) is 0 Å². The average molecular weight is 304 g/mol. The number of halogens is 3. The third-order valence-corrected chi connectivity index (χ3v) is 3.52. The van der Waals surface area contributed by atoms with Crippen molar-refractivity contribution in [1.82, 2.24) is 0 Å². The van der Waals surface area contributed by atoms with Gasteiger partial charge in [-0.1, -0.05) is 32.5 Å². The summed E-state index contributed by atoms with van der Waals surface area (Å²) >= 11 is 4.73. The Bertz CT molecular complexity index is 486. The van der Waals surface area contributed by atoms with Gasteiger partial charge in [-0.2, -0.15) is 13.2 Å². The second-order valence-corrected chi connectivity index (χ2v) is 5.43. The predicted molar refractivity (Wildman–Crippen MR) is 80.1 cm³/mol. The Morgan fingerprint density at radius 3 is 2.45 bits per heavy atom. The minimum absolute atomic E-state index is 0.124. The first-order chi connectivity index (χ1) is 9.16. The fourth-order valence-corrected chi connectivity index (χ4v) is 2.09. The van der Waals surface area contributed by atoms with Crippen molar-refractivity contribution in [2.75, 3.05) is 18.5 Å². The van der Waals surface area contributed by atoms with E-state index in [0.717, 1.165) is 19.0 Å². The Kier molecular flexibility index (Phi) is 5.39. The van der Waals surface area contributed by atoms with Gasteiger partial charge in [0.25, 0.3) is 0 Å². The fourth-order valence-electron chi connectivity index (χ4n) is 1.92. The first-order valence-corrected chi connectivity index (χ1v) is 6.79. The minimum atomic E-state index is -4.45. The molecule has 1 aromatic carbocycles. The molecule has 2 nitrogen and oxygen atoms in total. The Labute approximate surface area is 122 Å². The number of hydrogen-bond donors (Lipinski definition) is 1. The smallest absolute Gasteiger partial charge is 0.389 e. The monoisotopic (exact) mass is 304 g/mol. The summed E-state index contributed by atoms with van der Waals surface area (Å²) in [6, 6.07) is 3.90. The van der Waals surface area contributed by atoms with E-state index < -0.39 is 11.7 Å². The summed E-state index contributed by atoms with van der Waals surface area (Å²) in [7, 11) is 1.85. The average Bonchev–Trinajstić information content (AvgIpc) is 2.36. The van der Waals surface area contributed by atoms with E-state index in [1.807, 2.05) is 11.9 Å². The van der Waals surface area contributed by atoms with Crippen LogP contribution in [0.25, 0.3) is 0 Å². The third-order valence-electron chi connectivity index (χ3n) is 3.30. The second-order valence-electron chi connectivity index (χ2n) is 4.99. The molecule has 0 bridgehead atoms. The van der Waals surface area contributed by atoms with Crippen LogP contribution in [0.5, 0.6) is 0 Å². The van der Waals surface area contributed by atoms with Gasteiger partial charge in [0, 0.05) is 24.8 Å². The molecule has 1 aromatic rings. The van der Waals surface area contributed by atoms with Crippen LogP contribution in [-0.4, -0.2) is 18.6 Å². The molecule has 0 saturated heterocycles. The lowest BCUT2D eigenvalue weighted by Crippen LogP contribution is -2.25. The van der Waals surface area contributed by atoms with Gasteiger partial charge in [-0.05, 0) is 24.1 Å². The normalized spacial score (nSPS) is 13.1. The van der Waals surface area contributed by atoms with Crippen molar-refractivity contribution in [3.63, 3.8) is 0 Å². The molecule has 20 heavy (non-hydrogen) atoms. The van der Waals surface area contributed by atoms with Crippen molar-refractivity contribution in [2.45, 2.75) is 26.4 Å². The van der Waals surface area contributed by atoms with Crippen molar-refractivity contribution in [3.8, 4) is 0 Å². The van der Waals surface area contributed by atoms with Crippen molar-refractivity contribution in [3.05, 3.63) is 29.3 Å². The standard InChI is InChI=1S/C14H19F3N2S/c1-4-9(2)8-19(3)10-5-6-12(14(15,16)17)11(7-10)13(18)20/h5-7,9H,4,8H2,1-3H3,(H2,18,20). The van der Waals surface area contributed by atoms with Crippen LogP contribution in [0.3, 0.4) is 0 Å². The zero-order valence-electron chi connectivity index (χ0n) is 11.8. The Hall–Kier alpha value is -1.30. The first-order valence-electron chi connectivity index (χ1n) is 6.39. The highest BCUT2D eigenvalue weighted by atomic mass is 32.1. The van der Waals surface area contributed by atoms with Crippen LogP contribution in [-0.2, 0) is 6.18 Å². The topological polar surface area (TPSA) is 29.3 Å². The highest BCUT2D eigenvalue weighted by Gasteiger charge is 2.34. The fraction of sp³-hybridized carbons (Fsp3) is 0.500. The number of nitrogens with zero attached hydrogens (tertiary/aromatic N) is 1. The lowest BCUT2D eigenvalue weighted by atomic mass is 10.0. The largest absolute Gasteiger partial charge is 0.417 e. The number of rotatable bonds is 5. The Morgan fingerprint density at radius 1 is 1.40 bits per heavy atom. The molecule has 0 aliphatic heterocycles. The molecule has 1 rings (SSSR count). The molecular formula is C14H19F3N2S. The predicted octanol–water partition coefficient (Wildman–Crippen LogP) is 3.82. The molecular weight excluding hydrogens is 285 g/mol. The second kappa shape index (κ2) is 6.43. The van der Waals surface area contributed by atoms with Gasteiger partial charge >= 0.3 is 6.18 Å². The molecule has 0 heterocycles. The Morgan fingerprint density at radius 2 is 2.00 bits per heavy atom. The minimum Gasteiger partial charge on any atom is -0.389 e. The summed E-state index contributed by atoms with van der Waals surface area (Å²) < 4.78 is 38.6. The molecule has 0 amide bonds. The number of thiocarbonyl (C=S) groups is 1. The summed E-state index contributed by atoms with van der Waals surface area (Å²) in [5, 5.41) is 0. The molecule has 6 heteroatoms.